The lowest BCUT2D eigenvalue weighted by Crippen LogP contribution is -2.33. The van der Waals surface area contributed by atoms with E-state index in [2.05, 4.69) is 6.58 Å². The van der Waals surface area contributed by atoms with Crippen molar-refractivity contribution in [2.75, 3.05) is 0 Å². The van der Waals surface area contributed by atoms with E-state index in [1.165, 1.54) is 0 Å². The van der Waals surface area contributed by atoms with Gasteiger partial charge in [0.25, 0.3) is 0 Å². The van der Waals surface area contributed by atoms with Gasteiger partial charge in [-0.1, -0.05) is 12.7 Å². The van der Waals surface area contributed by atoms with Gasteiger partial charge in [-0.3, -0.25) is 4.79 Å². The number of carbonyl (C=O) groups is 1. The van der Waals surface area contributed by atoms with Gasteiger partial charge in [-0.05, 0) is 6.92 Å². The van der Waals surface area contributed by atoms with Gasteiger partial charge in [0.2, 0.25) is 0 Å². The molecule has 0 N–H and O–H groups in total. The van der Waals surface area contributed by atoms with Crippen molar-refractivity contribution < 1.29 is 14.1 Å². The van der Waals surface area contributed by atoms with E-state index in [4.69, 9.17) is 4.74 Å². The maximum absolute atomic E-state index is 10.2. The fourth-order valence-corrected chi connectivity index (χ4v) is 1.15. The van der Waals surface area contributed by atoms with Crippen LogP contribution < -0.4 is 9.30 Å². The summed E-state index contributed by atoms with van der Waals surface area (Å²) in [4.78, 5) is 10.2. The summed E-state index contributed by atoms with van der Waals surface area (Å²) in [6, 6.07) is 0.539. The van der Waals surface area contributed by atoms with E-state index >= 15 is 0 Å². The van der Waals surface area contributed by atoms with Crippen LogP contribution in [0.1, 0.15) is 6.92 Å². The van der Waals surface area contributed by atoms with Gasteiger partial charge in [0.1, 0.15) is 18.9 Å². The number of hydrogen-bond donors (Lipinski definition) is 0. The van der Waals surface area contributed by atoms with Crippen molar-refractivity contribution >= 4 is 6.47 Å². The number of carbonyl (C=O) groups excluding carboxylic acids is 1. The second-order valence-corrected chi connectivity index (χ2v) is 2.52. The van der Waals surface area contributed by atoms with Crippen molar-refractivity contribution in [1.29, 1.82) is 0 Å². The summed E-state index contributed by atoms with van der Waals surface area (Å²) in [5.74, 6) is 0. The molecule has 4 nitrogen and oxygen atoms in total. The number of imidazole rings is 1. The Balaban J connectivity index is 2.97. The lowest BCUT2D eigenvalue weighted by molar-refractivity contribution is -0.690. The van der Waals surface area contributed by atoms with Gasteiger partial charge in [0.15, 0.2) is 0 Å². The van der Waals surface area contributed by atoms with Crippen molar-refractivity contribution in [3.63, 3.8) is 0 Å². The van der Waals surface area contributed by atoms with E-state index in [9.17, 15) is 4.79 Å². The predicted octanol–water partition coefficient (Wildman–Crippen LogP) is 0.517. The number of rotatable bonds is 5. The molecule has 0 spiro atoms. The summed E-state index contributed by atoms with van der Waals surface area (Å²) in [7, 11) is 0. The highest BCUT2D eigenvalue weighted by atomic mass is 16.5. The molecule has 0 aliphatic heterocycles. The monoisotopic (exact) mass is 181 g/mol. The van der Waals surface area contributed by atoms with Crippen molar-refractivity contribution in [3.05, 3.63) is 25.0 Å². The molecular weight excluding hydrogens is 168 g/mol. The first-order valence-electron chi connectivity index (χ1n) is 4.13. The third-order valence-electron chi connectivity index (χ3n) is 1.74. The average Bonchev–Trinajstić information content (AvgIpc) is 2.50. The second-order valence-electron chi connectivity index (χ2n) is 2.52. The lowest BCUT2D eigenvalue weighted by atomic mass is 10.6. The Bertz CT molecular complexity index is 305. The predicted molar refractivity (Wildman–Crippen MR) is 47.2 cm³/mol. The summed E-state index contributed by atoms with van der Waals surface area (Å²) in [6.45, 7) is 7.44. The molecule has 0 fully saturated rings. The summed E-state index contributed by atoms with van der Waals surface area (Å²) in [6.07, 6.45) is 5.46. The first-order valence-corrected chi connectivity index (χ1v) is 4.13. The van der Waals surface area contributed by atoms with Crippen LogP contribution in [0.2, 0.25) is 0 Å². The third kappa shape index (κ3) is 1.96. The van der Waals surface area contributed by atoms with Gasteiger partial charge < -0.3 is 4.74 Å². The molecule has 0 aromatic carbocycles. The van der Waals surface area contributed by atoms with E-state index in [1.54, 1.807) is 6.08 Å². The first-order chi connectivity index (χ1) is 6.33. The molecule has 0 aliphatic carbocycles. The molecule has 0 atom stereocenters. The van der Waals surface area contributed by atoms with Gasteiger partial charge in [0.05, 0.1) is 6.54 Å². The van der Waals surface area contributed by atoms with E-state index in [-0.39, 0.29) is 0 Å². The topological polar surface area (TPSA) is 35.1 Å². The summed E-state index contributed by atoms with van der Waals surface area (Å²) >= 11 is 0. The summed E-state index contributed by atoms with van der Waals surface area (Å²) in [5.41, 5.74) is 0. The maximum Gasteiger partial charge on any atom is 0.464 e. The van der Waals surface area contributed by atoms with Crippen LogP contribution in [-0.2, 0) is 17.9 Å². The number of aryl methyl sites for hydroxylation is 1. The Hall–Kier alpha value is -1.58. The van der Waals surface area contributed by atoms with E-state index < -0.39 is 0 Å². The molecule has 0 unspecified atom stereocenters. The fraction of sp³-hybridized carbons (Fsp3) is 0.333. The van der Waals surface area contributed by atoms with Crippen LogP contribution in [0.15, 0.2) is 25.0 Å². The van der Waals surface area contributed by atoms with Crippen LogP contribution in [-0.4, -0.2) is 11.0 Å². The highest BCUT2D eigenvalue weighted by Crippen LogP contribution is 2.03. The van der Waals surface area contributed by atoms with Gasteiger partial charge in [-0.25, -0.2) is 0 Å². The number of allylic oxidation sites excluding steroid dienone is 1. The molecule has 1 aromatic heterocycles. The average molecular weight is 181 g/mol. The number of nitrogens with zero attached hydrogens (tertiary/aromatic N) is 2. The zero-order valence-corrected chi connectivity index (χ0v) is 7.64. The van der Waals surface area contributed by atoms with Crippen molar-refractivity contribution in [3.8, 4) is 6.01 Å². The molecule has 4 heteroatoms. The molecule has 0 aliphatic rings. The van der Waals surface area contributed by atoms with Gasteiger partial charge >= 0.3 is 12.5 Å². The zero-order chi connectivity index (χ0) is 9.68. The van der Waals surface area contributed by atoms with Crippen molar-refractivity contribution in [1.82, 2.24) is 4.57 Å². The lowest BCUT2D eigenvalue weighted by Gasteiger charge is -1.96. The standard InChI is InChI=1S/C9H13N2O2/c1-3-5-11-7-6-10(4-2)9(11)13-8-12/h3,6-8H,1,4-5H2,2H3/q+1. The molecular formula is C9H13N2O2+. The van der Waals surface area contributed by atoms with E-state index in [0.717, 1.165) is 6.54 Å². The van der Waals surface area contributed by atoms with Crippen LogP contribution in [0.5, 0.6) is 6.01 Å². The molecule has 1 rings (SSSR count). The molecule has 13 heavy (non-hydrogen) atoms. The smallest absolute Gasteiger partial charge is 0.360 e. The largest absolute Gasteiger partial charge is 0.464 e. The summed E-state index contributed by atoms with van der Waals surface area (Å²) in [5, 5.41) is 0. The molecule has 1 aromatic rings. The molecule has 0 saturated heterocycles. The highest BCUT2D eigenvalue weighted by Gasteiger charge is 2.16. The Morgan fingerprint density at radius 1 is 1.77 bits per heavy atom. The van der Waals surface area contributed by atoms with Gasteiger partial charge in [0, 0.05) is 0 Å². The molecule has 0 amide bonds. The Morgan fingerprint density at radius 2 is 2.54 bits per heavy atom. The van der Waals surface area contributed by atoms with Crippen LogP contribution in [0.25, 0.3) is 0 Å². The Labute approximate surface area is 77.1 Å². The molecule has 70 valence electrons. The van der Waals surface area contributed by atoms with Crippen molar-refractivity contribution in [2.24, 2.45) is 0 Å². The molecule has 0 radical (unpaired) electrons. The minimum atomic E-state index is 0.432. The third-order valence-corrected chi connectivity index (χ3v) is 1.74. The van der Waals surface area contributed by atoms with Gasteiger partial charge in [-0.15, -0.1) is 0 Å². The normalized spacial score (nSPS) is 9.62. The van der Waals surface area contributed by atoms with E-state index in [0.29, 0.717) is 19.0 Å². The Morgan fingerprint density at radius 3 is 3.08 bits per heavy atom. The molecule has 0 bridgehead atoms. The van der Waals surface area contributed by atoms with Crippen LogP contribution in [0.3, 0.4) is 0 Å². The number of aromatic nitrogens is 2. The minimum Gasteiger partial charge on any atom is -0.360 e. The minimum absolute atomic E-state index is 0.432. The van der Waals surface area contributed by atoms with Crippen LogP contribution in [0, 0.1) is 0 Å². The fourth-order valence-electron chi connectivity index (χ4n) is 1.15. The summed E-state index contributed by atoms with van der Waals surface area (Å²) < 4.78 is 8.50. The first kappa shape index (κ1) is 9.51. The van der Waals surface area contributed by atoms with Crippen LogP contribution in [0.4, 0.5) is 0 Å². The second kappa shape index (κ2) is 4.45. The highest BCUT2D eigenvalue weighted by molar-refractivity contribution is 5.40. The maximum atomic E-state index is 10.2. The quantitative estimate of drug-likeness (QED) is 0.377. The number of hydrogen-bond acceptors (Lipinski definition) is 2. The van der Waals surface area contributed by atoms with E-state index in [1.807, 2.05) is 28.5 Å². The zero-order valence-electron chi connectivity index (χ0n) is 7.64. The molecule has 0 saturated carbocycles. The SMILES string of the molecule is C=CC[n+]1ccn(CC)c1OC=O. The molecule has 1 heterocycles. The number of ether oxygens (including phenoxy) is 1. The Kier molecular flexibility index (Phi) is 3.25. The van der Waals surface area contributed by atoms with Gasteiger partial charge in [-0.2, -0.15) is 9.13 Å². The van der Waals surface area contributed by atoms with Crippen LogP contribution >= 0.6 is 0 Å². The van der Waals surface area contributed by atoms with Crippen molar-refractivity contribution in [2.45, 2.75) is 20.0 Å².